The van der Waals surface area contributed by atoms with Crippen LogP contribution in [0.4, 0.5) is 11.4 Å². The molecule has 0 radical (unpaired) electrons. The number of Topliss-reactive ketones (excluding diaryl/α,β-unsaturated/α-hetero) is 1. The topological polar surface area (TPSA) is 48.3 Å². The molecule has 0 amide bonds. The monoisotopic (exact) mass is 488 g/mol. The number of carbonyl (C=O) groups is 1. The van der Waals surface area contributed by atoms with Crippen molar-refractivity contribution < 1.29 is 4.79 Å². The highest BCUT2D eigenvalue weighted by atomic mass is 32.2. The minimum Gasteiger partial charge on any atom is -0.286 e. The lowest BCUT2D eigenvalue weighted by Gasteiger charge is -2.46. The van der Waals surface area contributed by atoms with Gasteiger partial charge in [0.25, 0.3) is 0 Å². The fourth-order valence-corrected chi connectivity index (χ4v) is 6.01. The standard InChI is InChI=1S/C30H24N4OS/c1-21-17-19-25(20-18-21)34-30(36-29(32-34)28(35)23-11-5-3-6-12-23)27-16-10-9-15-26(27)22(2)31-33(30)24-13-7-4-8-14-24/h3-20H,1-2H3. The van der Waals surface area contributed by atoms with Crippen LogP contribution in [0.1, 0.15) is 34.0 Å². The first kappa shape index (κ1) is 22.3. The molecular formula is C30H24N4OS. The van der Waals surface area contributed by atoms with Gasteiger partial charge in [-0.1, -0.05) is 90.5 Å². The van der Waals surface area contributed by atoms with Crippen molar-refractivity contribution in [1.82, 2.24) is 0 Å². The zero-order valence-electron chi connectivity index (χ0n) is 20.0. The molecule has 0 N–H and O–H groups in total. The third-order valence-electron chi connectivity index (χ3n) is 6.43. The third kappa shape index (κ3) is 3.53. The van der Waals surface area contributed by atoms with Crippen LogP contribution in [0.25, 0.3) is 0 Å². The van der Waals surface area contributed by atoms with Crippen molar-refractivity contribution in [3.05, 3.63) is 131 Å². The molecule has 1 spiro atoms. The largest absolute Gasteiger partial charge is 0.286 e. The second-order valence-corrected chi connectivity index (χ2v) is 10.00. The number of hydrogen-bond acceptors (Lipinski definition) is 6. The van der Waals surface area contributed by atoms with Crippen LogP contribution >= 0.6 is 11.8 Å². The molecule has 1 atom stereocenters. The minimum absolute atomic E-state index is 0.105. The Kier molecular flexibility index (Phi) is 5.46. The smallest absolute Gasteiger partial charge is 0.234 e. The van der Waals surface area contributed by atoms with Crippen LogP contribution in [0.3, 0.4) is 0 Å². The van der Waals surface area contributed by atoms with Crippen LogP contribution in [0.5, 0.6) is 0 Å². The Hall–Kier alpha value is -4.16. The van der Waals surface area contributed by atoms with Gasteiger partial charge in [-0.15, -0.1) is 0 Å². The van der Waals surface area contributed by atoms with Gasteiger partial charge >= 0.3 is 0 Å². The van der Waals surface area contributed by atoms with Crippen LogP contribution < -0.4 is 10.0 Å². The molecule has 0 saturated heterocycles. The fourth-order valence-electron chi connectivity index (χ4n) is 4.65. The molecule has 0 saturated carbocycles. The summed E-state index contributed by atoms with van der Waals surface area (Å²) >= 11 is 1.44. The van der Waals surface area contributed by atoms with Gasteiger partial charge in [-0.05, 0) is 49.9 Å². The van der Waals surface area contributed by atoms with E-state index in [1.807, 2.05) is 102 Å². The summed E-state index contributed by atoms with van der Waals surface area (Å²) in [6, 6.07) is 35.9. The molecule has 1 unspecified atom stereocenters. The first-order valence-corrected chi connectivity index (χ1v) is 12.6. The Labute approximate surface area is 214 Å². The molecule has 2 heterocycles. The molecule has 0 fully saturated rings. The number of aryl methyl sites for hydroxylation is 1. The number of nitrogens with zero attached hydrogens (tertiary/aromatic N) is 4. The fraction of sp³-hybridized carbons (Fsp3) is 0.100. The zero-order chi connectivity index (χ0) is 24.7. The summed E-state index contributed by atoms with van der Waals surface area (Å²) in [5.74, 6) is -0.105. The van der Waals surface area contributed by atoms with E-state index < -0.39 is 4.99 Å². The van der Waals surface area contributed by atoms with Crippen molar-refractivity contribution in [2.75, 3.05) is 10.0 Å². The number of anilines is 2. The third-order valence-corrected chi connectivity index (χ3v) is 7.74. The Morgan fingerprint density at radius 3 is 2.00 bits per heavy atom. The summed E-state index contributed by atoms with van der Waals surface area (Å²) in [7, 11) is 0. The minimum atomic E-state index is -0.924. The van der Waals surface area contributed by atoms with E-state index >= 15 is 0 Å². The maximum atomic E-state index is 13.7. The predicted octanol–water partition coefficient (Wildman–Crippen LogP) is 6.80. The van der Waals surface area contributed by atoms with Gasteiger partial charge in [0.15, 0.2) is 5.04 Å². The number of rotatable bonds is 4. The first-order valence-electron chi connectivity index (χ1n) is 11.8. The zero-order valence-corrected chi connectivity index (χ0v) is 20.8. The molecule has 0 aliphatic carbocycles. The Bertz CT molecular complexity index is 1500. The van der Waals surface area contributed by atoms with E-state index in [1.165, 1.54) is 11.8 Å². The maximum absolute atomic E-state index is 13.7. The molecule has 6 rings (SSSR count). The second kappa shape index (κ2) is 8.81. The molecule has 5 nitrogen and oxygen atoms in total. The van der Waals surface area contributed by atoms with Gasteiger partial charge in [-0.3, -0.25) is 4.79 Å². The molecule has 0 aromatic heterocycles. The number of para-hydroxylation sites is 1. The quantitative estimate of drug-likeness (QED) is 0.297. The van der Waals surface area contributed by atoms with Crippen molar-refractivity contribution in [2.24, 2.45) is 10.2 Å². The maximum Gasteiger partial charge on any atom is 0.234 e. The Balaban J connectivity index is 1.60. The summed E-state index contributed by atoms with van der Waals surface area (Å²) in [5, 5.41) is 14.5. The number of benzene rings is 4. The molecule has 0 bridgehead atoms. The van der Waals surface area contributed by atoms with Gasteiger partial charge < -0.3 is 0 Å². The summed E-state index contributed by atoms with van der Waals surface area (Å²) in [4.78, 5) is 12.8. The summed E-state index contributed by atoms with van der Waals surface area (Å²) in [5.41, 5.74) is 6.55. The van der Waals surface area contributed by atoms with E-state index in [9.17, 15) is 4.79 Å². The van der Waals surface area contributed by atoms with E-state index in [4.69, 9.17) is 10.2 Å². The summed E-state index contributed by atoms with van der Waals surface area (Å²) in [6.45, 7) is 4.08. The molecule has 36 heavy (non-hydrogen) atoms. The van der Waals surface area contributed by atoms with Crippen LogP contribution in [0, 0.1) is 6.92 Å². The van der Waals surface area contributed by atoms with Crippen LogP contribution in [0.2, 0.25) is 0 Å². The Morgan fingerprint density at radius 1 is 0.694 bits per heavy atom. The second-order valence-electron chi connectivity index (χ2n) is 8.84. The average Bonchev–Trinajstić information content (AvgIpc) is 3.33. The van der Waals surface area contributed by atoms with Gasteiger partial charge in [-0.2, -0.15) is 10.2 Å². The lowest BCUT2D eigenvalue weighted by molar-refractivity contribution is 0.106. The lowest BCUT2D eigenvalue weighted by atomic mass is 9.98. The van der Waals surface area contributed by atoms with Crippen molar-refractivity contribution >= 4 is 39.7 Å². The van der Waals surface area contributed by atoms with E-state index in [0.29, 0.717) is 10.6 Å². The predicted molar refractivity (Wildman–Crippen MR) is 149 cm³/mol. The van der Waals surface area contributed by atoms with E-state index in [1.54, 1.807) is 0 Å². The summed E-state index contributed by atoms with van der Waals surface area (Å²) in [6.07, 6.45) is 0. The first-order chi connectivity index (χ1) is 17.6. The molecule has 2 aliphatic rings. The van der Waals surface area contributed by atoms with E-state index in [2.05, 4.69) is 31.2 Å². The number of hydrazone groups is 2. The summed E-state index contributed by atoms with van der Waals surface area (Å²) < 4.78 is 0. The molecule has 2 aliphatic heterocycles. The van der Waals surface area contributed by atoms with Crippen LogP contribution in [-0.4, -0.2) is 16.5 Å². The van der Waals surface area contributed by atoms with Crippen molar-refractivity contribution in [2.45, 2.75) is 18.8 Å². The number of thioether (sulfide) groups is 1. The number of ketones is 1. The van der Waals surface area contributed by atoms with E-state index in [-0.39, 0.29) is 5.78 Å². The van der Waals surface area contributed by atoms with Crippen LogP contribution in [0.15, 0.2) is 119 Å². The number of fused-ring (bicyclic) bond motifs is 2. The molecular weight excluding hydrogens is 464 g/mol. The van der Waals surface area contributed by atoms with Crippen LogP contribution in [-0.2, 0) is 4.99 Å². The highest BCUT2D eigenvalue weighted by molar-refractivity contribution is 8.17. The lowest BCUT2D eigenvalue weighted by Crippen LogP contribution is -2.53. The van der Waals surface area contributed by atoms with Gasteiger partial charge in [0, 0.05) is 16.7 Å². The normalized spacial score (nSPS) is 18.6. The van der Waals surface area contributed by atoms with Gasteiger partial charge in [0.2, 0.25) is 10.8 Å². The van der Waals surface area contributed by atoms with Gasteiger partial charge in [0.05, 0.1) is 17.1 Å². The number of carbonyl (C=O) groups excluding carboxylic acids is 1. The molecule has 176 valence electrons. The SMILES string of the molecule is CC1=NN(c2ccccc2)C2(SC(C(=O)c3ccccc3)=NN2c2ccc(C)cc2)c2ccccc21. The van der Waals surface area contributed by atoms with Crippen molar-refractivity contribution in [3.8, 4) is 0 Å². The van der Waals surface area contributed by atoms with Gasteiger partial charge in [-0.25, -0.2) is 10.0 Å². The highest BCUT2D eigenvalue weighted by Gasteiger charge is 2.55. The number of hydrogen-bond donors (Lipinski definition) is 0. The van der Waals surface area contributed by atoms with Crippen molar-refractivity contribution in [3.63, 3.8) is 0 Å². The average molecular weight is 489 g/mol. The highest BCUT2D eigenvalue weighted by Crippen LogP contribution is 2.54. The molecule has 4 aromatic carbocycles. The van der Waals surface area contributed by atoms with Gasteiger partial charge in [0.1, 0.15) is 0 Å². The van der Waals surface area contributed by atoms with E-state index in [0.717, 1.165) is 33.8 Å². The molecule has 4 aromatic rings. The molecule has 6 heteroatoms. The Morgan fingerprint density at radius 2 is 1.28 bits per heavy atom. The van der Waals surface area contributed by atoms with Crippen molar-refractivity contribution in [1.29, 1.82) is 0 Å².